The molecule has 0 spiro atoms. The van der Waals surface area contributed by atoms with Crippen LogP contribution in [0.25, 0.3) is 22.3 Å². The number of pyridine rings is 1. The molecule has 4 fully saturated rings. The lowest BCUT2D eigenvalue weighted by Gasteiger charge is -2.41. The number of urea groups is 1. The number of ether oxygens (including phenoxy) is 1. The molecule has 318 valence electrons. The number of likely N-dealkylation sites (tertiary alicyclic amines) is 2. The van der Waals surface area contributed by atoms with Crippen LogP contribution in [0.3, 0.4) is 0 Å². The van der Waals surface area contributed by atoms with Crippen LogP contribution in [-0.4, -0.2) is 117 Å². The molecule has 0 radical (unpaired) electrons. The van der Waals surface area contributed by atoms with Gasteiger partial charge >= 0.3 is 6.03 Å². The Morgan fingerprint density at radius 2 is 1.75 bits per heavy atom. The van der Waals surface area contributed by atoms with Crippen molar-refractivity contribution in [2.24, 2.45) is 0 Å². The third-order valence-electron chi connectivity index (χ3n) is 12.7. The normalized spacial score (nSPS) is 21.5. The number of hydrogen-bond acceptors (Lipinski definition) is 11. The van der Waals surface area contributed by atoms with Crippen LogP contribution >= 0.6 is 0 Å². The molecule has 0 unspecified atom stereocenters. The van der Waals surface area contributed by atoms with Crippen molar-refractivity contribution in [1.82, 2.24) is 34.9 Å². The summed E-state index contributed by atoms with van der Waals surface area (Å²) >= 11 is 0. The Kier molecular flexibility index (Phi) is 10.8. The summed E-state index contributed by atoms with van der Waals surface area (Å²) in [7, 11) is 0. The van der Waals surface area contributed by atoms with Gasteiger partial charge in [-0.25, -0.2) is 14.2 Å². The van der Waals surface area contributed by atoms with E-state index in [1.54, 1.807) is 34.2 Å². The van der Waals surface area contributed by atoms with Crippen LogP contribution in [0.1, 0.15) is 72.7 Å². The van der Waals surface area contributed by atoms with Gasteiger partial charge in [0, 0.05) is 100 Å². The van der Waals surface area contributed by atoms with E-state index >= 15 is 4.39 Å². The number of nitrogens with two attached hydrogens (primary N) is 1. The van der Waals surface area contributed by atoms with Gasteiger partial charge in [0.15, 0.2) is 5.82 Å². The van der Waals surface area contributed by atoms with Crippen molar-refractivity contribution in [3.05, 3.63) is 89.7 Å². The number of halogens is 1. The predicted molar refractivity (Wildman–Crippen MR) is 229 cm³/mol. The number of fused-ring (bicyclic) bond motifs is 1. The van der Waals surface area contributed by atoms with Crippen LogP contribution in [-0.2, 0) is 9.53 Å². The number of phenols is 1. The van der Waals surface area contributed by atoms with Crippen LogP contribution in [0.15, 0.2) is 73.1 Å². The molecule has 3 aromatic heterocycles. The SMILES string of the molecule is Cc1cn(C2CCN(CC3(F)CCN(C(=O)c4ccc([C@@H]5CN(c6cc(-c7ccccc7O)nnc6N)C[C@H](C)O5)cc4)CC3)CC2)c2ncc(N3CCC(=O)NC3=O)cc12. The number of rotatable bonds is 8. The van der Waals surface area contributed by atoms with Crippen molar-refractivity contribution in [2.45, 2.75) is 69.9 Å². The van der Waals surface area contributed by atoms with Gasteiger partial charge < -0.3 is 34.8 Å². The maximum absolute atomic E-state index is 16.4. The number of aryl methyl sites for hydroxylation is 1. The van der Waals surface area contributed by atoms with E-state index in [1.807, 2.05) is 56.3 Å². The van der Waals surface area contributed by atoms with Crippen molar-refractivity contribution >= 4 is 46.1 Å². The second-order valence-corrected chi connectivity index (χ2v) is 17.0. The number of para-hydroxylation sites is 1. The summed E-state index contributed by atoms with van der Waals surface area (Å²) < 4.78 is 24.9. The smallest absolute Gasteiger partial charge is 0.328 e. The van der Waals surface area contributed by atoms with Gasteiger partial charge in [0.2, 0.25) is 5.91 Å². The number of piperidine rings is 2. The second kappa shape index (κ2) is 16.4. The highest BCUT2D eigenvalue weighted by molar-refractivity contribution is 6.06. The van der Waals surface area contributed by atoms with Gasteiger partial charge in [-0.3, -0.25) is 19.8 Å². The molecule has 2 aromatic carbocycles. The molecule has 61 heavy (non-hydrogen) atoms. The molecule has 4 aliphatic rings. The topological polar surface area (TPSA) is 175 Å². The predicted octanol–water partition coefficient (Wildman–Crippen LogP) is 5.78. The molecule has 15 nitrogen and oxygen atoms in total. The van der Waals surface area contributed by atoms with Gasteiger partial charge in [0.1, 0.15) is 23.2 Å². The van der Waals surface area contributed by atoms with Gasteiger partial charge in [-0.1, -0.05) is 24.3 Å². The number of nitrogens with one attached hydrogen (secondary N) is 1. The van der Waals surface area contributed by atoms with E-state index in [-0.39, 0.29) is 60.9 Å². The lowest BCUT2D eigenvalue weighted by Crippen LogP contribution is -2.51. The van der Waals surface area contributed by atoms with Crippen LogP contribution in [0.4, 0.5) is 26.4 Å². The maximum atomic E-state index is 16.4. The van der Waals surface area contributed by atoms with Gasteiger partial charge in [-0.2, -0.15) is 0 Å². The molecule has 7 heterocycles. The lowest BCUT2D eigenvalue weighted by atomic mass is 9.91. The quantitative estimate of drug-likeness (QED) is 0.173. The van der Waals surface area contributed by atoms with Crippen LogP contribution < -0.4 is 20.9 Å². The molecule has 16 heteroatoms. The first-order valence-electron chi connectivity index (χ1n) is 21.1. The average molecular weight is 831 g/mol. The molecule has 4 N–H and O–H groups in total. The molecule has 4 saturated heterocycles. The van der Waals surface area contributed by atoms with Gasteiger partial charge in [0.05, 0.1) is 29.4 Å². The highest BCUT2D eigenvalue weighted by atomic mass is 19.1. The second-order valence-electron chi connectivity index (χ2n) is 17.0. The van der Waals surface area contributed by atoms with Gasteiger partial charge in [-0.15, -0.1) is 10.2 Å². The average Bonchev–Trinajstić information content (AvgIpc) is 3.59. The van der Waals surface area contributed by atoms with E-state index in [0.29, 0.717) is 67.5 Å². The highest BCUT2D eigenvalue weighted by Crippen LogP contribution is 2.37. The molecule has 5 aromatic rings. The fourth-order valence-electron chi connectivity index (χ4n) is 9.36. The van der Waals surface area contributed by atoms with E-state index < -0.39 is 11.7 Å². The standard InChI is InChI=1S/C45H51FN10O5/c1-28-24-56(42-35(28)21-33(23-48-42)55-18-13-40(58)49-44(55)60)32-11-16-52(17-12-32)27-45(46)14-19-53(20-15-45)43(59)31-9-7-30(8-10-31)39-26-54(25-29(2)61-39)37-22-36(50-51-41(37)47)34-5-3-4-6-38(34)57/h3-10,21-24,29,32,39,57H,11-20,25-27H2,1-2H3,(H2,47,51)(H,49,58,60)/t29-,39-/m0/s1. The summed E-state index contributed by atoms with van der Waals surface area (Å²) in [6.07, 6.45) is 5.94. The number of nitrogen functional groups attached to an aromatic ring is 1. The van der Waals surface area contributed by atoms with E-state index in [2.05, 4.69) is 36.1 Å². The Bertz CT molecular complexity index is 2460. The van der Waals surface area contributed by atoms with Crippen molar-refractivity contribution in [2.75, 3.05) is 67.9 Å². The first kappa shape index (κ1) is 40.3. The van der Waals surface area contributed by atoms with Crippen molar-refractivity contribution in [1.29, 1.82) is 0 Å². The number of anilines is 3. The van der Waals surface area contributed by atoms with Crippen LogP contribution in [0, 0.1) is 6.92 Å². The summed E-state index contributed by atoms with van der Waals surface area (Å²) in [5, 5.41) is 22.2. The Morgan fingerprint density at radius 3 is 2.49 bits per heavy atom. The highest BCUT2D eigenvalue weighted by Gasteiger charge is 2.39. The van der Waals surface area contributed by atoms with E-state index in [0.717, 1.165) is 48.1 Å². The first-order chi connectivity index (χ1) is 29.4. The zero-order valence-electron chi connectivity index (χ0n) is 34.5. The maximum Gasteiger partial charge on any atom is 0.328 e. The number of imide groups is 1. The number of carbonyl (C=O) groups is 3. The zero-order valence-corrected chi connectivity index (χ0v) is 34.5. The number of carbonyl (C=O) groups excluding carboxylic acids is 3. The van der Waals surface area contributed by atoms with Gasteiger partial charge in [0.25, 0.3) is 5.91 Å². The Labute approximate surface area is 353 Å². The van der Waals surface area contributed by atoms with Crippen LogP contribution in [0.5, 0.6) is 5.75 Å². The molecular weight excluding hydrogens is 780 g/mol. The van der Waals surface area contributed by atoms with Crippen molar-refractivity contribution in [3.63, 3.8) is 0 Å². The molecular formula is C45H51FN10O5. The molecule has 4 amide bonds. The number of aromatic hydroxyl groups is 1. The molecule has 2 atom stereocenters. The first-order valence-corrected chi connectivity index (χ1v) is 21.1. The Morgan fingerprint density at radius 1 is 1.00 bits per heavy atom. The number of morpholine rings is 1. The number of amides is 4. The van der Waals surface area contributed by atoms with Crippen LogP contribution in [0.2, 0.25) is 0 Å². The summed E-state index contributed by atoms with van der Waals surface area (Å²) in [4.78, 5) is 50.1. The third kappa shape index (κ3) is 8.21. The fourth-order valence-corrected chi connectivity index (χ4v) is 9.36. The molecule has 4 aliphatic heterocycles. The minimum atomic E-state index is -1.37. The number of alkyl halides is 1. The largest absolute Gasteiger partial charge is 0.507 e. The van der Waals surface area contributed by atoms with Crippen molar-refractivity contribution < 1.29 is 28.6 Å². The van der Waals surface area contributed by atoms with Crippen molar-refractivity contribution in [3.8, 4) is 17.0 Å². The number of benzene rings is 2. The molecule has 0 bridgehead atoms. The zero-order chi connectivity index (χ0) is 42.4. The minimum Gasteiger partial charge on any atom is -0.507 e. The monoisotopic (exact) mass is 830 g/mol. The summed E-state index contributed by atoms with van der Waals surface area (Å²) in [5.74, 6) is 0.0196. The molecule has 0 saturated carbocycles. The van der Waals surface area contributed by atoms with E-state index in [9.17, 15) is 19.5 Å². The van der Waals surface area contributed by atoms with E-state index in [1.165, 1.54) is 0 Å². The van der Waals surface area contributed by atoms with E-state index in [4.69, 9.17) is 15.5 Å². The number of phenolic OH excluding ortho intramolecular Hbond substituents is 1. The molecule has 0 aliphatic carbocycles. The lowest BCUT2D eigenvalue weighted by molar-refractivity contribution is -0.120. The van der Waals surface area contributed by atoms with Gasteiger partial charge in [-0.05, 0) is 74.2 Å². The minimum absolute atomic E-state index is 0.106. The summed E-state index contributed by atoms with van der Waals surface area (Å²) in [6, 6.07) is 18.1. The summed E-state index contributed by atoms with van der Waals surface area (Å²) in [5.41, 5.74) is 10.8. The summed E-state index contributed by atoms with van der Waals surface area (Å²) in [6.45, 7) is 8.03. The Balaban J connectivity index is 0.776. The number of aromatic nitrogens is 4. The fraction of sp³-hybridized carbons (Fsp3) is 0.422. The number of nitrogens with zero attached hydrogens (tertiary/aromatic N) is 8. The molecule has 9 rings (SSSR count). The Hall–Kier alpha value is -6.13. The third-order valence-corrected chi connectivity index (χ3v) is 12.7. The number of hydrogen-bond donors (Lipinski definition) is 3.